The number of ketones is 1. The van der Waals surface area contributed by atoms with Crippen molar-refractivity contribution in [2.45, 2.75) is 51.5 Å². The number of quaternary nitrogens is 1. The van der Waals surface area contributed by atoms with Crippen LogP contribution in [-0.4, -0.2) is 30.2 Å². The maximum atomic E-state index is 12.5. The molecule has 0 fully saturated rings. The molecular weight excluding hydrogens is 368 g/mol. The van der Waals surface area contributed by atoms with Crippen LogP contribution in [0.4, 0.5) is 0 Å². The molecule has 0 saturated carbocycles. The van der Waals surface area contributed by atoms with E-state index >= 15 is 0 Å². The number of Topliss-reactive ketones (excluding diaryl/α,β-unsaturated/α-hetero) is 1. The van der Waals surface area contributed by atoms with Crippen molar-refractivity contribution in [2.24, 2.45) is 0 Å². The first kappa shape index (κ1) is 22.9. The van der Waals surface area contributed by atoms with Crippen molar-refractivity contribution in [3.05, 3.63) is 41.4 Å². The number of nitrogens with one attached hydrogen (secondary N) is 1. The summed E-state index contributed by atoms with van der Waals surface area (Å²) in [6.07, 6.45) is 5.30. The first-order valence-electron chi connectivity index (χ1n) is 9.11. The molecule has 1 atom stereocenters. The topological polar surface area (TPSA) is 100 Å². The van der Waals surface area contributed by atoms with Gasteiger partial charge in [-0.3, -0.25) is 15.3 Å². The molecule has 0 unspecified atom stereocenters. The summed E-state index contributed by atoms with van der Waals surface area (Å²) in [7, 11) is 0. The predicted molar refractivity (Wildman–Crippen MR) is 104 cm³/mol. The van der Waals surface area contributed by atoms with Crippen molar-refractivity contribution in [1.82, 2.24) is 5.32 Å². The normalized spacial score (nSPS) is 11.5. The van der Waals surface area contributed by atoms with Crippen molar-refractivity contribution < 1.29 is 24.9 Å². The Bertz CT molecular complexity index is 676. The van der Waals surface area contributed by atoms with Gasteiger partial charge in [0.1, 0.15) is 18.4 Å². The van der Waals surface area contributed by atoms with E-state index in [-0.39, 0.29) is 24.5 Å². The molecule has 0 aliphatic carbocycles. The lowest BCUT2D eigenvalue weighted by Gasteiger charge is -2.18. The fourth-order valence-electron chi connectivity index (χ4n) is 2.44. The maximum absolute atomic E-state index is 12.5. The molecule has 0 aliphatic rings. The first-order valence-corrected chi connectivity index (χ1v) is 9.49. The molecule has 0 aromatic heterocycles. The number of rotatable bonds is 13. The van der Waals surface area contributed by atoms with Crippen LogP contribution in [0.15, 0.2) is 36.4 Å². The highest BCUT2D eigenvalue weighted by Gasteiger charge is 2.28. The summed E-state index contributed by atoms with van der Waals surface area (Å²) >= 11 is 5.99. The van der Waals surface area contributed by atoms with E-state index in [0.717, 1.165) is 32.1 Å². The van der Waals surface area contributed by atoms with Crippen molar-refractivity contribution in [1.29, 1.82) is 0 Å². The Hall–Kier alpha value is -2.18. The zero-order chi connectivity index (χ0) is 20.2. The second kappa shape index (κ2) is 12.3. The lowest BCUT2D eigenvalue weighted by Crippen LogP contribution is -2.61. The van der Waals surface area contributed by atoms with E-state index in [2.05, 4.69) is 24.6 Å². The number of benzene rings is 1. The summed E-state index contributed by atoms with van der Waals surface area (Å²) in [5.74, 6) is -1.05. The van der Waals surface area contributed by atoms with Crippen LogP contribution in [0.1, 0.15) is 45.4 Å². The molecule has 0 heterocycles. The summed E-state index contributed by atoms with van der Waals surface area (Å²) < 4.78 is 5.41. The molecule has 4 N–H and O–H groups in total. The van der Waals surface area contributed by atoms with Crippen LogP contribution < -0.4 is 15.8 Å². The molecule has 2 amide bonds. The Morgan fingerprint density at radius 1 is 1.19 bits per heavy atom. The van der Waals surface area contributed by atoms with Crippen LogP contribution >= 0.6 is 11.6 Å². The average molecular weight is 396 g/mol. The number of amides is 2. The number of carbonyl (C=O) groups is 3. The van der Waals surface area contributed by atoms with Crippen LogP contribution in [0.25, 0.3) is 0 Å². The Morgan fingerprint density at radius 2 is 1.85 bits per heavy atom. The van der Waals surface area contributed by atoms with E-state index in [1.54, 1.807) is 24.3 Å². The molecule has 1 aromatic carbocycles. The predicted octanol–water partition coefficient (Wildman–Crippen LogP) is 2.46. The van der Waals surface area contributed by atoms with Crippen LogP contribution in [0.5, 0.6) is 5.75 Å². The maximum Gasteiger partial charge on any atom is 0.338 e. The van der Waals surface area contributed by atoms with E-state index in [1.165, 1.54) is 0 Å². The van der Waals surface area contributed by atoms with Gasteiger partial charge in [-0.2, -0.15) is 0 Å². The molecule has 7 heteroatoms. The molecule has 0 bridgehead atoms. The number of hydrogen-bond donors (Lipinski definition) is 2. The van der Waals surface area contributed by atoms with Crippen LogP contribution in [0, 0.1) is 0 Å². The van der Waals surface area contributed by atoms with E-state index in [1.807, 2.05) is 0 Å². The highest BCUT2D eigenvalue weighted by molar-refractivity contribution is 6.32. The molecule has 27 heavy (non-hydrogen) atoms. The molecule has 1 aromatic rings. The van der Waals surface area contributed by atoms with Crippen LogP contribution in [0.2, 0.25) is 5.02 Å². The number of ether oxygens (including phenoxy) is 1. The molecule has 0 radical (unpaired) electrons. The van der Waals surface area contributed by atoms with Gasteiger partial charge < -0.3 is 10.1 Å². The van der Waals surface area contributed by atoms with E-state index < -0.39 is 17.7 Å². The number of halogens is 1. The Labute approximate surface area is 165 Å². The molecule has 1 rings (SSSR count). The van der Waals surface area contributed by atoms with Crippen molar-refractivity contribution in [3.8, 4) is 5.75 Å². The molecule has 0 saturated heterocycles. The van der Waals surface area contributed by atoms with Gasteiger partial charge in [-0.1, -0.05) is 62.9 Å². The largest absolute Gasteiger partial charge is 0.484 e. The minimum atomic E-state index is -1.15. The third-order valence-corrected chi connectivity index (χ3v) is 4.36. The highest BCUT2D eigenvalue weighted by Crippen LogP contribution is 2.23. The fraction of sp³-hybridized carbons (Fsp3) is 0.450. The summed E-state index contributed by atoms with van der Waals surface area (Å²) in [4.78, 5) is 36.2. The zero-order valence-electron chi connectivity index (χ0n) is 15.8. The summed E-state index contributed by atoms with van der Waals surface area (Å²) in [5.41, 5.74) is 3.21. The van der Waals surface area contributed by atoms with Gasteiger partial charge >= 0.3 is 5.91 Å². The average Bonchev–Trinajstić information content (AvgIpc) is 2.64. The zero-order valence-corrected chi connectivity index (χ0v) is 16.5. The molecule has 6 nitrogen and oxygen atoms in total. The van der Waals surface area contributed by atoms with E-state index in [0.29, 0.717) is 10.8 Å². The SMILES string of the molecule is C=C(C([NH3+])=O)[C@@H](NC(=O)CCCCCCC)C(=O)COc1ccccc1Cl. The van der Waals surface area contributed by atoms with Gasteiger partial charge in [0.15, 0.2) is 5.78 Å². The number of para-hydroxylation sites is 1. The van der Waals surface area contributed by atoms with Crippen LogP contribution in [0.3, 0.4) is 0 Å². The quantitative estimate of drug-likeness (QED) is 0.395. The monoisotopic (exact) mass is 395 g/mol. The Kier molecular flexibility index (Phi) is 10.4. The van der Waals surface area contributed by atoms with Crippen molar-refractivity contribution in [2.75, 3.05) is 6.61 Å². The second-order valence-electron chi connectivity index (χ2n) is 6.30. The summed E-state index contributed by atoms with van der Waals surface area (Å²) in [5, 5.41) is 2.94. The fourth-order valence-corrected chi connectivity index (χ4v) is 2.63. The van der Waals surface area contributed by atoms with Gasteiger partial charge in [0.2, 0.25) is 5.91 Å². The van der Waals surface area contributed by atoms with Crippen molar-refractivity contribution in [3.63, 3.8) is 0 Å². The number of hydrogen-bond acceptors (Lipinski definition) is 4. The van der Waals surface area contributed by atoms with Gasteiger partial charge in [0, 0.05) is 6.42 Å². The minimum Gasteiger partial charge on any atom is -0.484 e. The lowest BCUT2D eigenvalue weighted by molar-refractivity contribution is -0.299. The Balaban J connectivity index is 2.63. The lowest BCUT2D eigenvalue weighted by atomic mass is 10.0. The van der Waals surface area contributed by atoms with Gasteiger partial charge in [0.25, 0.3) is 0 Å². The summed E-state index contributed by atoms with van der Waals surface area (Å²) in [6.45, 7) is 5.36. The molecule has 0 spiro atoms. The molecule has 148 valence electrons. The summed E-state index contributed by atoms with van der Waals surface area (Å²) in [6, 6.07) is 5.57. The van der Waals surface area contributed by atoms with Crippen LogP contribution in [-0.2, 0) is 14.4 Å². The van der Waals surface area contributed by atoms with Gasteiger partial charge in [0.05, 0.1) is 10.6 Å². The standard InChI is InChI=1S/C20H27ClN2O4/c1-3-4-5-6-7-12-18(25)23-19(14(2)20(22)26)16(24)13-27-17-11-9-8-10-15(17)21/h8-11,19H,2-7,12-13H2,1H3,(H2,22,26)(H,23,25)/p+1/t19-/m1/s1. The van der Waals surface area contributed by atoms with Gasteiger partial charge in [-0.15, -0.1) is 0 Å². The molecular formula is C20H28ClN2O4+. The third-order valence-electron chi connectivity index (χ3n) is 4.05. The first-order chi connectivity index (χ1) is 12.9. The minimum absolute atomic E-state index is 0.0675. The van der Waals surface area contributed by atoms with Crippen molar-refractivity contribution >= 4 is 29.2 Å². The number of carbonyl (C=O) groups excluding carboxylic acids is 3. The van der Waals surface area contributed by atoms with Gasteiger partial charge in [-0.25, -0.2) is 4.79 Å². The van der Waals surface area contributed by atoms with Gasteiger partial charge in [-0.05, 0) is 18.6 Å². The smallest absolute Gasteiger partial charge is 0.338 e. The Morgan fingerprint density at radius 3 is 2.48 bits per heavy atom. The number of unbranched alkanes of at least 4 members (excludes halogenated alkanes) is 4. The van der Waals surface area contributed by atoms with E-state index in [9.17, 15) is 14.4 Å². The third kappa shape index (κ3) is 8.37. The van der Waals surface area contributed by atoms with E-state index in [4.69, 9.17) is 16.3 Å². The second-order valence-corrected chi connectivity index (χ2v) is 6.71. The highest BCUT2D eigenvalue weighted by atomic mass is 35.5. The molecule has 0 aliphatic heterocycles.